The highest BCUT2D eigenvalue weighted by Crippen LogP contribution is 2.44. The second-order valence-corrected chi connectivity index (χ2v) is 11.0. The zero-order valence-electron chi connectivity index (χ0n) is 16.6. The Kier molecular flexibility index (Phi) is 6.02. The number of sulfonamides is 1. The Morgan fingerprint density at radius 3 is 2.30 bits per heavy atom. The molecule has 0 aromatic heterocycles. The molecular formula is C22H24Cl2N2O3S. The Balaban J connectivity index is 1.63. The number of halogens is 2. The number of nitrogens with one attached hydrogen (secondary N) is 1. The van der Waals surface area contributed by atoms with Crippen molar-refractivity contribution in [2.75, 3.05) is 10.8 Å². The summed E-state index contributed by atoms with van der Waals surface area (Å²) in [6.07, 6.45) is 4.49. The molecule has 4 rings (SSSR count). The lowest BCUT2D eigenvalue weighted by molar-refractivity contribution is -0.120. The van der Waals surface area contributed by atoms with Crippen molar-refractivity contribution in [3.63, 3.8) is 0 Å². The molecule has 0 spiro atoms. The minimum Gasteiger partial charge on any atom is -0.352 e. The lowest BCUT2D eigenvalue weighted by atomic mass is 9.95. The van der Waals surface area contributed by atoms with Crippen LogP contribution >= 0.6 is 23.2 Å². The van der Waals surface area contributed by atoms with Crippen molar-refractivity contribution in [2.45, 2.75) is 43.5 Å². The lowest BCUT2D eigenvalue weighted by Crippen LogP contribution is -2.46. The summed E-state index contributed by atoms with van der Waals surface area (Å²) in [6.45, 7) is 1.55. The van der Waals surface area contributed by atoms with Crippen molar-refractivity contribution in [3.8, 4) is 0 Å². The summed E-state index contributed by atoms with van der Waals surface area (Å²) in [5.41, 5.74) is 1.21. The summed E-state index contributed by atoms with van der Waals surface area (Å²) >= 11 is 12.2. The van der Waals surface area contributed by atoms with Crippen LogP contribution in [0.5, 0.6) is 0 Å². The molecular weight excluding hydrogens is 443 g/mol. The van der Waals surface area contributed by atoms with Gasteiger partial charge < -0.3 is 5.32 Å². The number of anilines is 1. The normalized spacial score (nSPS) is 22.8. The van der Waals surface area contributed by atoms with Crippen LogP contribution in [0.25, 0.3) is 0 Å². The smallest absolute Gasteiger partial charge is 0.264 e. The molecule has 1 amide bonds. The van der Waals surface area contributed by atoms with Gasteiger partial charge in [0.05, 0.1) is 10.6 Å². The topological polar surface area (TPSA) is 66.5 Å². The summed E-state index contributed by atoms with van der Waals surface area (Å²) in [7, 11) is -3.99. The van der Waals surface area contributed by atoms with E-state index in [0.717, 1.165) is 29.1 Å². The molecule has 0 saturated heterocycles. The van der Waals surface area contributed by atoms with E-state index in [1.165, 1.54) is 36.8 Å². The first kappa shape index (κ1) is 21.5. The Morgan fingerprint density at radius 2 is 1.73 bits per heavy atom. The largest absolute Gasteiger partial charge is 0.352 e. The highest BCUT2D eigenvalue weighted by Gasteiger charge is 2.40. The number of amides is 1. The van der Waals surface area contributed by atoms with Crippen molar-refractivity contribution >= 4 is 44.8 Å². The van der Waals surface area contributed by atoms with E-state index in [9.17, 15) is 13.2 Å². The number of hydrogen-bond acceptors (Lipinski definition) is 3. The number of carbonyl (C=O) groups excluding carboxylic acids is 1. The molecule has 3 unspecified atom stereocenters. The molecule has 0 radical (unpaired) electrons. The molecule has 2 saturated carbocycles. The number of carbonyl (C=O) groups is 1. The molecule has 5 nitrogen and oxygen atoms in total. The number of aryl methyl sites for hydroxylation is 1. The van der Waals surface area contributed by atoms with E-state index in [1.54, 1.807) is 12.1 Å². The van der Waals surface area contributed by atoms with Gasteiger partial charge in [-0.2, -0.15) is 0 Å². The van der Waals surface area contributed by atoms with Crippen LogP contribution in [0.3, 0.4) is 0 Å². The molecule has 2 bridgehead atoms. The number of fused-ring (bicyclic) bond motifs is 2. The van der Waals surface area contributed by atoms with E-state index in [0.29, 0.717) is 21.9 Å². The molecule has 1 N–H and O–H groups in total. The van der Waals surface area contributed by atoms with E-state index < -0.39 is 10.0 Å². The number of rotatable bonds is 6. The van der Waals surface area contributed by atoms with Crippen LogP contribution in [0.15, 0.2) is 47.4 Å². The van der Waals surface area contributed by atoms with Crippen LogP contribution in [0.4, 0.5) is 5.69 Å². The highest BCUT2D eigenvalue weighted by atomic mass is 35.5. The van der Waals surface area contributed by atoms with Gasteiger partial charge in [-0.3, -0.25) is 9.10 Å². The molecule has 2 aliphatic rings. The van der Waals surface area contributed by atoms with Gasteiger partial charge in [0.1, 0.15) is 6.54 Å². The van der Waals surface area contributed by atoms with Gasteiger partial charge in [-0.05, 0) is 68.4 Å². The molecule has 160 valence electrons. The van der Waals surface area contributed by atoms with E-state index in [2.05, 4.69) is 5.32 Å². The third-order valence-electron chi connectivity index (χ3n) is 6.12. The Bertz CT molecular complexity index is 1040. The predicted octanol–water partition coefficient (Wildman–Crippen LogP) is 4.80. The fourth-order valence-electron chi connectivity index (χ4n) is 4.64. The first-order valence-electron chi connectivity index (χ1n) is 10.1. The minimum absolute atomic E-state index is 0.108. The minimum atomic E-state index is -3.99. The first-order chi connectivity index (χ1) is 14.2. The van der Waals surface area contributed by atoms with Gasteiger partial charge in [0.2, 0.25) is 5.91 Å². The third kappa shape index (κ3) is 4.46. The monoisotopic (exact) mass is 466 g/mol. The maximum atomic E-state index is 13.4. The van der Waals surface area contributed by atoms with Crippen molar-refractivity contribution in [1.82, 2.24) is 5.32 Å². The van der Waals surface area contributed by atoms with Gasteiger partial charge >= 0.3 is 0 Å². The van der Waals surface area contributed by atoms with Gasteiger partial charge in [0, 0.05) is 16.1 Å². The van der Waals surface area contributed by atoms with E-state index in [1.807, 2.05) is 6.92 Å². The predicted molar refractivity (Wildman–Crippen MR) is 120 cm³/mol. The Labute approximate surface area is 187 Å². The van der Waals surface area contributed by atoms with Gasteiger partial charge in [-0.1, -0.05) is 47.3 Å². The number of benzene rings is 2. The number of nitrogens with zero attached hydrogens (tertiary/aromatic N) is 1. The summed E-state index contributed by atoms with van der Waals surface area (Å²) in [5.74, 6) is 0.862. The molecule has 2 aromatic rings. The third-order valence-corrected chi connectivity index (χ3v) is 8.34. The van der Waals surface area contributed by atoms with Crippen LogP contribution in [-0.4, -0.2) is 26.9 Å². The Hall–Kier alpha value is -1.76. The van der Waals surface area contributed by atoms with E-state index in [4.69, 9.17) is 23.2 Å². The van der Waals surface area contributed by atoms with Crippen LogP contribution in [0.1, 0.15) is 31.2 Å². The fraction of sp³-hybridized carbons (Fsp3) is 0.409. The SMILES string of the molecule is Cc1ccc(S(=O)(=O)N(CC(=O)NC2CC3CCC2C3)c2cc(Cl)cc(Cl)c2)cc1. The number of hydrogen-bond donors (Lipinski definition) is 1. The Morgan fingerprint density at radius 1 is 1.07 bits per heavy atom. The second kappa shape index (κ2) is 8.40. The van der Waals surface area contributed by atoms with Crippen LogP contribution < -0.4 is 9.62 Å². The average molecular weight is 467 g/mol. The summed E-state index contributed by atoms with van der Waals surface area (Å²) in [6, 6.07) is 11.2. The van der Waals surface area contributed by atoms with E-state index in [-0.39, 0.29) is 29.1 Å². The highest BCUT2D eigenvalue weighted by molar-refractivity contribution is 7.92. The lowest BCUT2D eigenvalue weighted by Gasteiger charge is -2.27. The molecule has 8 heteroatoms. The molecule has 2 fully saturated rings. The zero-order valence-corrected chi connectivity index (χ0v) is 19.0. The van der Waals surface area contributed by atoms with Crippen LogP contribution in [0.2, 0.25) is 10.0 Å². The summed E-state index contributed by atoms with van der Waals surface area (Å²) in [4.78, 5) is 13.0. The standard InChI is InChI=1S/C22H24Cl2N2O3S/c1-14-2-6-20(7-3-14)30(28,29)26(19-11-17(23)10-18(24)12-19)13-22(27)25-21-9-15-4-5-16(21)8-15/h2-3,6-7,10-12,15-16,21H,4-5,8-9,13H2,1H3,(H,25,27). The van der Waals surface area contributed by atoms with E-state index >= 15 is 0 Å². The average Bonchev–Trinajstić information content (AvgIpc) is 3.28. The molecule has 3 atom stereocenters. The first-order valence-corrected chi connectivity index (χ1v) is 12.3. The quantitative estimate of drug-likeness (QED) is 0.664. The van der Waals surface area contributed by atoms with Crippen molar-refractivity contribution in [3.05, 3.63) is 58.1 Å². The molecule has 30 heavy (non-hydrogen) atoms. The van der Waals surface area contributed by atoms with Crippen LogP contribution in [0, 0.1) is 18.8 Å². The second-order valence-electron chi connectivity index (χ2n) is 8.30. The molecule has 2 aliphatic carbocycles. The zero-order chi connectivity index (χ0) is 21.5. The summed E-state index contributed by atoms with van der Waals surface area (Å²) < 4.78 is 27.9. The molecule has 0 aliphatic heterocycles. The van der Waals surface area contributed by atoms with Crippen molar-refractivity contribution in [1.29, 1.82) is 0 Å². The molecule has 2 aromatic carbocycles. The van der Waals surface area contributed by atoms with Gasteiger partial charge in [0.15, 0.2) is 0 Å². The van der Waals surface area contributed by atoms with Gasteiger partial charge in [-0.15, -0.1) is 0 Å². The van der Waals surface area contributed by atoms with Crippen molar-refractivity contribution in [2.24, 2.45) is 11.8 Å². The van der Waals surface area contributed by atoms with Crippen molar-refractivity contribution < 1.29 is 13.2 Å². The fourth-order valence-corrected chi connectivity index (χ4v) is 6.56. The maximum Gasteiger partial charge on any atom is 0.264 e. The van der Waals surface area contributed by atoms with Crippen LogP contribution in [-0.2, 0) is 14.8 Å². The van der Waals surface area contributed by atoms with Gasteiger partial charge in [-0.25, -0.2) is 8.42 Å². The molecule has 0 heterocycles. The van der Waals surface area contributed by atoms with Gasteiger partial charge in [0.25, 0.3) is 10.0 Å². The maximum absolute atomic E-state index is 13.4. The summed E-state index contributed by atoms with van der Waals surface area (Å²) in [5, 5.41) is 3.66.